The molecule has 1 fully saturated rings. The summed E-state index contributed by atoms with van der Waals surface area (Å²) in [7, 11) is 4.57. The normalized spacial score (nSPS) is 28.0. The Kier molecular flexibility index (Phi) is 6.27. The number of hydrogen-bond acceptors (Lipinski definition) is 3. The maximum Gasteiger partial charge on any atom is 0.0360 e. The fourth-order valence-electron chi connectivity index (χ4n) is 3.77. The molecule has 1 aromatic heterocycles. The number of rotatable bonds is 7. The smallest absolute Gasteiger partial charge is 0.0360 e. The van der Waals surface area contributed by atoms with E-state index in [1.165, 1.54) is 43.4 Å². The largest absolute Gasteiger partial charge is 0.312 e. The van der Waals surface area contributed by atoms with Gasteiger partial charge in [-0.15, -0.1) is 11.3 Å². The highest BCUT2D eigenvalue weighted by atomic mass is 32.1. The molecule has 0 radical (unpaired) electrons. The van der Waals surface area contributed by atoms with Crippen molar-refractivity contribution in [2.75, 3.05) is 20.6 Å². The Morgan fingerprint density at radius 1 is 1.38 bits per heavy atom. The van der Waals surface area contributed by atoms with E-state index in [1.54, 1.807) is 0 Å². The second-order valence-corrected chi connectivity index (χ2v) is 8.00. The van der Waals surface area contributed by atoms with E-state index in [4.69, 9.17) is 0 Å². The van der Waals surface area contributed by atoms with Gasteiger partial charge in [-0.05, 0) is 76.5 Å². The van der Waals surface area contributed by atoms with Gasteiger partial charge in [0.1, 0.15) is 0 Å². The number of thiophene rings is 1. The lowest BCUT2D eigenvalue weighted by Crippen LogP contribution is -2.61. The minimum absolute atomic E-state index is 0.325. The van der Waals surface area contributed by atoms with E-state index in [-0.39, 0.29) is 0 Å². The molecule has 0 aliphatic heterocycles. The Balaban J connectivity index is 2.17. The van der Waals surface area contributed by atoms with Crippen LogP contribution < -0.4 is 5.32 Å². The van der Waals surface area contributed by atoms with Crippen molar-refractivity contribution in [3.05, 3.63) is 22.4 Å². The summed E-state index contributed by atoms with van der Waals surface area (Å²) in [5, 5.41) is 6.09. The van der Waals surface area contributed by atoms with Gasteiger partial charge in [0.15, 0.2) is 0 Å². The third-order valence-corrected chi connectivity index (χ3v) is 6.20. The fourth-order valence-corrected chi connectivity index (χ4v) is 4.52. The summed E-state index contributed by atoms with van der Waals surface area (Å²) in [4.78, 5) is 4.03. The minimum atomic E-state index is 0.325. The van der Waals surface area contributed by atoms with Crippen LogP contribution >= 0.6 is 11.3 Å². The second-order valence-electron chi connectivity index (χ2n) is 6.97. The first-order chi connectivity index (χ1) is 10.1. The molecule has 1 aliphatic carbocycles. The SMILES string of the molecule is CCCNC(Cc1cccs1)C1(N(C)C)CCC(C)CC1. The maximum atomic E-state index is 3.88. The first kappa shape index (κ1) is 17.0. The summed E-state index contributed by atoms with van der Waals surface area (Å²) in [5.74, 6) is 0.895. The molecule has 0 amide bonds. The second kappa shape index (κ2) is 7.75. The van der Waals surface area contributed by atoms with Gasteiger partial charge in [0.25, 0.3) is 0 Å². The topological polar surface area (TPSA) is 15.3 Å². The van der Waals surface area contributed by atoms with Crippen molar-refractivity contribution in [2.24, 2.45) is 5.92 Å². The Bertz CT molecular complexity index is 391. The number of hydrogen-bond donors (Lipinski definition) is 1. The standard InChI is InChI=1S/C18H32N2S/c1-5-12-19-17(14-16-7-6-13-21-16)18(20(3)4)10-8-15(2)9-11-18/h6-7,13,15,17,19H,5,8-12,14H2,1-4H3. The summed E-state index contributed by atoms with van der Waals surface area (Å²) >= 11 is 1.90. The zero-order chi connectivity index (χ0) is 15.3. The van der Waals surface area contributed by atoms with Crippen LogP contribution in [0.5, 0.6) is 0 Å². The molecule has 3 heteroatoms. The Hall–Kier alpha value is -0.380. The molecule has 2 nitrogen and oxygen atoms in total. The molecular weight excluding hydrogens is 276 g/mol. The highest BCUT2D eigenvalue weighted by Gasteiger charge is 2.42. The lowest BCUT2D eigenvalue weighted by molar-refractivity contribution is 0.0437. The van der Waals surface area contributed by atoms with Gasteiger partial charge >= 0.3 is 0 Å². The number of nitrogens with one attached hydrogen (secondary N) is 1. The monoisotopic (exact) mass is 308 g/mol. The van der Waals surface area contributed by atoms with Crippen LogP contribution in [-0.2, 0) is 6.42 Å². The van der Waals surface area contributed by atoms with Gasteiger partial charge in [-0.3, -0.25) is 0 Å². The van der Waals surface area contributed by atoms with Crippen LogP contribution in [0.15, 0.2) is 17.5 Å². The lowest BCUT2D eigenvalue weighted by atomic mass is 9.71. The summed E-state index contributed by atoms with van der Waals surface area (Å²) < 4.78 is 0. The molecule has 1 heterocycles. The van der Waals surface area contributed by atoms with E-state index in [2.05, 4.69) is 55.7 Å². The van der Waals surface area contributed by atoms with Crippen LogP contribution in [0.25, 0.3) is 0 Å². The predicted octanol–water partition coefficient (Wildman–Crippen LogP) is 4.17. The van der Waals surface area contributed by atoms with Gasteiger partial charge in [-0.25, -0.2) is 0 Å². The Morgan fingerprint density at radius 3 is 2.62 bits per heavy atom. The molecule has 21 heavy (non-hydrogen) atoms. The van der Waals surface area contributed by atoms with Crippen LogP contribution in [0.1, 0.15) is 50.8 Å². The van der Waals surface area contributed by atoms with Crippen molar-refractivity contribution in [3.63, 3.8) is 0 Å². The van der Waals surface area contributed by atoms with Gasteiger partial charge in [0, 0.05) is 16.5 Å². The number of likely N-dealkylation sites (N-methyl/N-ethyl adjacent to an activating group) is 1. The van der Waals surface area contributed by atoms with E-state index >= 15 is 0 Å². The minimum Gasteiger partial charge on any atom is -0.312 e. The molecule has 120 valence electrons. The first-order valence-electron chi connectivity index (χ1n) is 8.51. The van der Waals surface area contributed by atoms with Gasteiger partial charge in [-0.2, -0.15) is 0 Å². The zero-order valence-electron chi connectivity index (χ0n) is 14.2. The first-order valence-corrected chi connectivity index (χ1v) is 9.39. The van der Waals surface area contributed by atoms with Crippen LogP contribution in [0.4, 0.5) is 0 Å². The van der Waals surface area contributed by atoms with Gasteiger partial charge < -0.3 is 10.2 Å². The van der Waals surface area contributed by atoms with Gasteiger partial charge in [0.2, 0.25) is 0 Å². The van der Waals surface area contributed by atoms with E-state index in [9.17, 15) is 0 Å². The van der Waals surface area contributed by atoms with E-state index < -0.39 is 0 Å². The zero-order valence-corrected chi connectivity index (χ0v) is 15.0. The van der Waals surface area contributed by atoms with Crippen molar-refractivity contribution in [1.29, 1.82) is 0 Å². The van der Waals surface area contributed by atoms with E-state index in [1.807, 2.05) is 11.3 Å². The van der Waals surface area contributed by atoms with Crippen LogP contribution in [0.3, 0.4) is 0 Å². The van der Waals surface area contributed by atoms with E-state index in [0.29, 0.717) is 11.6 Å². The number of nitrogens with zero attached hydrogens (tertiary/aromatic N) is 1. The molecule has 0 spiro atoms. The average molecular weight is 309 g/mol. The Labute approximate surface area is 134 Å². The highest BCUT2D eigenvalue weighted by molar-refractivity contribution is 7.09. The summed E-state index contributed by atoms with van der Waals surface area (Å²) in [6.45, 7) is 5.80. The van der Waals surface area contributed by atoms with Crippen LogP contribution in [-0.4, -0.2) is 37.1 Å². The molecule has 1 atom stereocenters. The molecular formula is C18H32N2S. The van der Waals surface area contributed by atoms with Crippen molar-refractivity contribution in [3.8, 4) is 0 Å². The average Bonchev–Trinajstić information content (AvgIpc) is 2.97. The molecule has 1 N–H and O–H groups in total. The summed E-state index contributed by atoms with van der Waals surface area (Å²) in [6.07, 6.45) is 7.77. The van der Waals surface area contributed by atoms with E-state index in [0.717, 1.165) is 12.5 Å². The quantitative estimate of drug-likeness (QED) is 0.813. The third-order valence-electron chi connectivity index (χ3n) is 5.31. The van der Waals surface area contributed by atoms with Crippen molar-refractivity contribution in [1.82, 2.24) is 10.2 Å². The molecule has 0 saturated heterocycles. The van der Waals surface area contributed by atoms with Gasteiger partial charge in [0.05, 0.1) is 0 Å². The van der Waals surface area contributed by atoms with Crippen molar-refractivity contribution < 1.29 is 0 Å². The summed E-state index contributed by atoms with van der Waals surface area (Å²) in [5.41, 5.74) is 0.325. The molecule has 0 bridgehead atoms. The molecule has 0 aromatic carbocycles. The van der Waals surface area contributed by atoms with Crippen molar-refractivity contribution in [2.45, 2.75) is 64.0 Å². The Morgan fingerprint density at radius 2 is 2.10 bits per heavy atom. The third kappa shape index (κ3) is 4.08. The highest BCUT2D eigenvalue weighted by Crippen LogP contribution is 2.39. The predicted molar refractivity (Wildman–Crippen MR) is 94.2 cm³/mol. The molecule has 1 aliphatic rings. The molecule has 1 aromatic rings. The summed E-state index contributed by atoms with van der Waals surface area (Å²) in [6, 6.07) is 5.04. The van der Waals surface area contributed by atoms with Gasteiger partial charge in [-0.1, -0.05) is 19.9 Å². The molecule has 1 saturated carbocycles. The van der Waals surface area contributed by atoms with Crippen LogP contribution in [0.2, 0.25) is 0 Å². The molecule has 2 rings (SSSR count). The maximum absolute atomic E-state index is 3.88. The molecule has 1 unspecified atom stereocenters. The fraction of sp³-hybridized carbons (Fsp3) is 0.778. The van der Waals surface area contributed by atoms with Crippen molar-refractivity contribution >= 4 is 11.3 Å². The lowest BCUT2D eigenvalue weighted by Gasteiger charge is -2.50. The van der Waals surface area contributed by atoms with Crippen LogP contribution in [0, 0.1) is 5.92 Å².